The Labute approximate surface area is 157 Å². The molecule has 1 atom stereocenters. The van der Waals surface area contributed by atoms with Crippen molar-refractivity contribution in [1.82, 2.24) is 14.9 Å². The maximum Gasteiger partial charge on any atom is 0.225 e. The highest BCUT2D eigenvalue weighted by Gasteiger charge is 2.28. The maximum absolute atomic E-state index is 13.0. The van der Waals surface area contributed by atoms with Gasteiger partial charge in [0.1, 0.15) is 5.82 Å². The number of hydrogen-bond donors (Lipinski definition) is 1. The molecule has 5 nitrogen and oxygen atoms in total. The molecular formula is C21H23FN4O. The number of piperidine rings is 1. The number of rotatable bonds is 4. The second-order valence-electron chi connectivity index (χ2n) is 7.09. The molecule has 0 spiro atoms. The van der Waals surface area contributed by atoms with Gasteiger partial charge in [-0.1, -0.05) is 24.3 Å². The fraction of sp³-hybridized carbons (Fsp3) is 0.333. The van der Waals surface area contributed by atoms with Crippen molar-refractivity contribution < 1.29 is 9.18 Å². The molecule has 1 amide bonds. The quantitative estimate of drug-likeness (QED) is 0.771. The molecule has 2 aromatic carbocycles. The average Bonchev–Trinajstić information content (AvgIpc) is 3.04. The molecule has 0 saturated carbocycles. The summed E-state index contributed by atoms with van der Waals surface area (Å²) < 4.78 is 15.1. The summed E-state index contributed by atoms with van der Waals surface area (Å²) in [6, 6.07) is 14.3. The summed E-state index contributed by atoms with van der Waals surface area (Å²) in [5.74, 6) is 0.615. The zero-order chi connectivity index (χ0) is 18.8. The molecule has 6 heteroatoms. The Morgan fingerprint density at radius 2 is 2.00 bits per heavy atom. The van der Waals surface area contributed by atoms with E-state index in [0.717, 1.165) is 41.9 Å². The van der Waals surface area contributed by atoms with Gasteiger partial charge in [0, 0.05) is 26.7 Å². The Morgan fingerprint density at radius 1 is 1.22 bits per heavy atom. The first-order valence-corrected chi connectivity index (χ1v) is 9.30. The van der Waals surface area contributed by atoms with Crippen molar-refractivity contribution in [1.29, 1.82) is 0 Å². The van der Waals surface area contributed by atoms with Crippen LogP contribution in [0.2, 0.25) is 0 Å². The third-order valence-electron chi connectivity index (χ3n) is 5.22. The summed E-state index contributed by atoms with van der Waals surface area (Å²) in [6.45, 7) is 1.98. The van der Waals surface area contributed by atoms with Gasteiger partial charge in [0.2, 0.25) is 11.9 Å². The summed E-state index contributed by atoms with van der Waals surface area (Å²) in [5, 5.41) is 2.99. The molecule has 1 aliphatic heterocycles. The summed E-state index contributed by atoms with van der Waals surface area (Å²) >= 11 is 0. The number of aromatic nitrogens is 2. The summed E-state index contributed by atoms with van der Waals surface area (Å²) in [5.41, 5.74) is 2.96. The zero-order valence-electron chi connectivity index (χ0n) is 15.4. The largest absolute Gasteiger partial charge is 0.352 e. The lowest BCUT2D eigenvalue weighted by Crippen LogP contribution is -2.43. The van der Waals surface area contributed by atoms with E-state index in [-0.39, 0.29) is 17.6 Å². The number of halogens is 1. The van der Waals surface area contributed by atoms with Crippen LogP contribution in [0.15, 0.2) is 48.5 Å². The second-order valence-corrected chi connectivity index (χ2v) is 7.09. The van der Waals surface area contributed by atoms with Crippen LogP contribution in [-0.4, -0.2) is 28.5 Å². The molecule has 4 rings (SSSR count). The standard InChI is InChI=1S/C21H23FN4O/c1-25-19-7-3-2-6-18(19)24-21(25)26-12-4-5-16(14-26)20(27)23-13-15-8-10-17(22)11-9-15/h2-3,6-11,16H,4-5,12-14H2,1H3,(H,23,27). The normalized spacial score (nSPS) is 17.3. The van der Waals surface area contributed by atoms with Gasteiger partial charge in [0.15, 0.2) is 0 Å². The van der Waals surface area contributed by atoms with E-state index in [2.05, 4.69) is 20.9 Å². The van der Waals surface area contributed by atoms with Crippen LogP contribution in [0.5, 0.6) is 0 Å². The topological polar surface area (TPSA) is 50.2 Å². The van der Waals surface area contributed by atoms with E-state index in [1.54, 1.807) is 12.1 Å². The van der Waals surface area contributed by atoms with Gasteiger partial charge in [-0.2, -0.15) is 0 Å². The number of nitrogens with zero attached hydrogens (tertiary/aromatic N) is 3. The van der Waals surface area contributed by atoms with Crippen LogP contribution in [0.4, 0.5) is 10.3 Å². The molecule has 1 saturated heterocycles. The summed E-state index contributed by atoms with van der Waals surface area (Å²) in [6.07, 6.45) is 1.83. The van der Waals surface area contributed by atoms with E-state index < -0.39 is 0 Å². The lowest BCUT2D eigenvalue weighted by Gasteiger charge is -2.32. The highest BCUT2D eigenvalue weighted by Crippen LogP contribution is 2.26. The van der Waals surface area contributed by atoms with Gasteiger partial charge in [0.25, 0.3) is 0 Å². The molecule has 1 unspecified atom stereocenters. The number of imidazole rings is 1. The average molecular weight is 366 g/mol. The molecule has 3 aromatic rings. The third kappa shape index (κ3) is 3.65. The van der Waals surface area contributed by atoms with Crippen LogP contribution in [0.1, 0.15) is 18.4 Å². The van der Waals surface area contributed by atoms with Gasteiger partial charge in [-0.15, -0.1) is 0 Å². The Morgan fingerprint density at radius 3 is 2.78 bits per heavy atom. The Bertz CT molecular complexity index is 950. The van der Waals surface area contributed by atoms with Crippen molar-refractivity contribution in [2.24, 2.45) is 13.0 Å². The van der Waals surface area contributed by atoms with E-state index >= 15 is 0 Å². The van der Waals surface area contributed by atoms with Gasteiger partial charge in [-0.25, -0.2) is 9.37 Å². The fourth-order valence-electron chi connectivity index (χ4n) is 3.72. The van der Waals surface area contributed by atoms with E-state index in [1.807, 2.05) is 25.2 Å². The summed E-state index contributed by atoms with van der Waals surface area (Å²) in [7, 11) is 2.02. The number of para-hydroxylation sites is 2. The molecular weight excluding hydrogens is 343 g/mol. The van der Waals surface area contributed by atoms with Gasteiger partial charge in [-0.05, 0) is 42.7 Å². The number of fused-ring (bicyclic) bond motifs is 1. The van der Waals surface area contributed by atoms with Gasteiger partial charge in [0.05, 0.1) is 17.0 Å². The number of carbonyl (C=O) groups is 1. The van der Waals surface area contributed by atoms with Crippen LogP contribution in [-0.2, 0) is 18.4 Å². The maximum atomic E-state index is 13.0. The monoisotopic (exact) mass is 366 g/mol. The minimum Gasteiger partial charge on any atom is -0.352 e. The van der Waals surface area contributed by atoms with Crippen molar-refractivity contribution in [2.45, 2.75) is 19.4 Å². The smallest absolute Gasteiger partial charge is 0.225 e. The Hall–Kier alpha value is -2.89. The SMILES string of the molecule is Cn1c(N2CCCC(C(=O)NCc3ccc(F)cc3)C2)nc2ccccc21. The molecule has 1 aliphatic rings. The Balaban J connectivity index is 1.43. The zero-order valence-corrected chi connectivity index (χ0v) is 15.4. The van der Waals surface area contributed by atoms with Crippen LogP contribution >= 0.6 is 0 Å². The predicted molar refractivity (Wildman–Crippen MR) is 104 cm³/mol. The highest BCUT2D eigenvalue weighted by atomic mass is 19.1. The number of carbonyl (C=O) groups excluding carboxylic acids is 1. The van der Waals surface area contributed by atoms with Crippen molar-refractivity contribution in [3.8, 4) is 0 Å². The number of amides is 1. The number of aryl methyl sites for hydroxylation is 1. The molecule has 27 heavy (non-hydrogen) atoms. The molecule has 0 bridgehead atoms. The number of hydrogen-bond acceptors (Lipinski definition) is 3. The molecule has 2 heterocycles. The van der Waals surface area contributed by atoms with Gasteiger partial charge >= 0.3 is 0 Å². The molecule has 1 fully saturated rings. The van der Waals surface area contributed by atoms with Crippen molar-refractivity contribution in [3.63, 3.8) is 0 Å². The minimum absolute atomic E-state index is 0.0442. The van der Waals surface area contributed by atoms with Crippen molar-refractivity contribution in [3.05, 3.63) is 59.9 Å². The first-order chi connectivity index (χ1) is 13.1. The molecule has 140 valence electrons. The van der Waals surface area contributed by atoms with Gasteiger partial charge in [-0.3, -0.25) is 4.79 Å². The highest BCUT2D eigenvalue weighted by molar-refractivity contribution is 5.81. The van der Waals surface area contributed by atoms with E-state index in [4.69, 9.17) is 4.98 Å². The van der Waals surface area contributed by atoms with E-state index in [1.165, 1.54) is 12.1 Å². The van der Waals surface area contributed by atoms with Crippen molar-refractivity contribution in [2.75, 3.05) is 18.0 Å². The second kappa shape index (κ2) is 7.39. The Kier molecular flexibility index (Phi) is 4.79. The van der Waals surface area contributed by atoms with Crippen LogP contribution in [0.3, 0.4) is 0 Å². The fourth-order valence-corrected chi connectivity index (χ4v) is 3.72. The van der Waals surface area contributed by atoms with Crippen LogP contribution in [0.25, 0.3) is 11.0 Å². The summed E-state index contributed by atoms with van der Waals surface area (Å²) in [4.78, 5) is 19.6. The molecule has 1 N–H and O–H groups in total. The first kappa shape index (κ1) is 17.5. The third-order valence-corrected chi connectivity index (χ3v) is 5.22. The number of nitrogens with one attached hydrogen (secondary N) is 1. The predicted octanol–water partition coefficient (Wildman–Crippen LogP) is 3.25. The lowest BCUT2D eigenvalue weighted by molar-refractivity contribution is -0.125. The molecule has 0 aliphatic carbocycles. The van der Waals surface area contributed by atoms with Gasteiger partial charge < -0.3 is 14.8 Å². The van der Waals surface area contributed by atoms with E-state index in [9.17, 15) is 9.18 Å². The number of anilines is 1. The molecule has 0 radical (unpaired) electrons. The molecule has 1 aromatic heterocycles. The van der Waals surface area contributed by atoms with E-state index in [0.29, 0.717) is 13.1 Å². The lowest BCUT2D eigenvalue weighted by atomic mass is 9.97. The number of benzene rings is 2. The van der Waals surface area contributed by atoms with Crippen LogP contribution in [0, 0.1) is 11.7 Å². The van der Waals surface area contributed by atoms with Crippen molar-refractivity contribution >= 4 is 22.9 Å². The first-order valence-electron chi connectivity index (χ1n) is 9.30. The van der Waals surface area contributed by atoms with Crippen LogP contribution < -0.4 is 10.2 Å². The minimum atomic E-state index is -0.268.